The first-order chi connectivity index (χ1) is 12.2. The van der Waals surface area contributed by atoms with E-state index in [0.717, 1.165) is 51.7 Å². The van der Waals surface area contributed by atoms with Crippen molar-refractivity contribution in [2.45, 2.75) is 52.8 Å². The number of guanidine groups is 1. The van der Waals surface area contributed by atoms with Crippen molar-refractivity contribution in [1.82, 2.24) is 15.5 Å². The minimum atomic E-state index is 0.322. The van der Waals surface area contributed by atoms with Gasteiger partial charge in [-0.05, 0) is 44.0 Å². The maximum atomic E-state index is 5.66. The van der Waals surface area contributed by atoms with Crippen LogP contribution in [0.1, 0.15) is 44.7 Å². The summed E-state index contributed by atoms with van der Waals surface area (Å²) in [5, 5.41) is 6.70. The molecule has 5 heteroatoms. The van der Waals surface area contributed by atoms with Gasteiger partial charge in [-0.25, -0.2) is 4.99 Å². The Labute approximate surface area is 152 Å². The Morgan fingerprint density at radius 1 is 1.12 bits per heavy atom. The molecule has 2 rings (SSSR count). The molecule has 0 aromatic heterocycles. The van der Waals surface area contributed by atoms with Gasteiger partial charge in [0, 0.05) is 26.2 Å². The third kappa shape index (κ3) is 7.04. The van der Waals surface area contributed by atoms with Crippen molar-refractivity contribution in [3.8, 4) is 0 Å². The van der Waals surface area contributed by atoms with Crippen LogP contribution < -0.4 is 10.6 Å². The fraction of sp³-hybridized carbons (Fsp3) is 0.650. The minimum absolute atomic E-state index is 0.322. The van der Waals surface area contributed by atoms with E-state index < -0.39 is 0 Å². The standard InChI is InChI=1S/C20H34N4O/c1-4-21-20(23-15-19-8-7-13-25-19)22-14-17-9-11-18(12-10-17)16-24(5-2)6-3/h9-12,19H,4-8,13-16H2,1-3H3,(H2,21,22,23). The summed E-state index contributed by atoms with van der Waals surface area (Å²) in [4.78, 5) is 7.12. The van der Waals surface area contributed by atoms with Gasteiger partial charge in [-0.15, -0.1) is 0 Å². The highest BCUT2D eigenvalue weighted by atomic mass is 16.5. The van der Waals surface area contributed by atoms with Crippen LogP contribution in [0, 0.1) is 0 Å². The van der Waals surface area contributed by atoms with E-state index in [4.69, 9.17) is 9.73 Å². The van der Waals surface area contributed by atoms with Crippen LogP contribution in [0.25, 0.3) is 0 Å². The van der Waals surface area contributed by atoms with Crippen molar-refractivity contribution in [3.05, 3.63) is 35.4 Å². The number of hydrogen-bond acceptors (Lipinski definition) is 3. The Kier molecular flexibility index (Phi) is 8.77. The van der Waals surface area contributed by atoms with Crippen LogP contribution >= 0.6 is 0 Å². The molecule has 0 amide bonds. The van der Waals surface area contributed by atoms with Crippen LogP contribution in [0.5, 0.6) is 0 Å². The Morgan fingerprint density at radius 3 is 2.44 bits per heavy atom. The van der Waals surface area contributed by atoms with Crippen LogP contribution in [0.4, 0.5) is 0 Å². The minimum Gasteiger partial charge on any atom is -0.376 e. The molecule has 5 nitrogen and oxygen atoms in total. The second-order valence-corrected chi connectivity index (χ2v) is 6.49. The van der Waals surface area contributed by atoms with Crippen molar-refractivity contribution in [3.63, 3.8) is 0 Å². The largest absolute Gasteiger partial charge is 0.376 e. The van der Waals surface area contributed by atoms with Crippen LogP contribution in [-0.4, -0.2) is 49.7 Å². The lowest BCUT2D eigenvalue weighted by Crippen LogP contribution is -2.41. The molecular formula is C20H34N4O. The lowest BCUT2D eigenvalue weighted by molar-refractivity contribution is 0.114. The lowest BCUT2D eigenvalue weighted by Gasteiger charge is -2.18. The van der Waals surface area contributed by atoms with Gasteiger partial charge < -0.3 is 15.4 Å². The van der Waals surface area contributed by atoms with E-state index in [9.17, 15) is 0 Å². The molecule has 2 N–H and O–H groups in total. The summed E-state index contributed by atoms with van der Waals surface area (Å²) in [6.07, 6.45) is 2.63. The van der Waals surface area contributed by atoms with Gasteiger partial charge in [0.15, 0.2) is 5.96 Å². The maximum Gasteiger partial charge on any atom is 0.191 e. The van der Waals surface area contributed by atoms with Crippen molar-refractivity contribution in [2.75, 3.05) is 32.8 Å². The molecular weight excluding hydrogens is 312 g/mol. The number of rotatable bonds is 9. The molecule has 1 atom stereocenters. The number of nitrogens with zero attached hydrogens (tertiary/aromatic N) is 2. The van der Waals surface area contributed by atoms with Crippen LogP contribution in [0.15, 0.2) is 29.3 Å². The Morgan fingerprint density at radius 2 is 1.84 bits per heavy atom. The second-order valence-electron chi connectivity index (χ2n) is 6.49. The first kappa shape index (κ1) is 19.7. The molecule has 1 fully saturated rings. The van der Waals surface area contributed by atoms with Gasteiger partial charge in [0.05, 0.1) is 12.6 Å². The molecule has 0 aliphatic carbocycles. The zero-order valence-electron chi connectivity index (χ0n) is 16.1. The van der Waals surface area contributed by atoms with E-state index in [0.29, 0.717) is 12.6 Å². The van der Waals surface area contributed by atoms with Gasteiger partial charge in [-0.1, -0.05) is 38.1 Å². The van der Waals surface area contributed by atoms with Gasteiger partial charge in [-0.2, -0.15) is 0 Å². The fourth-order valence-corrected chi connectivity index (χ4v) is 2.98. The van der Waals surface area contributed by atoms with Crippen molar-refractivity contribution in [1.29, 1.82) is 0 Å². The second kappa shape index (κ2) is 11.1. The molecule has 1 aliphatic rings. The maximum absolute atomic E-state index is 5.66. The summed E-state index contributed by atoms with van der Waals surface area (Å²) >= 11 is 0. The zero-order chi connectivity index (χ0) is 17.9. The van der Waals surface area contributed by atoms with E-state index in [1.165, 1.54) is 17.5 Å². The van der Waals surface area contributed by atoms with Crippen LogP contribution in [0.2, 0.25) is 0 Å². The Balaban J connectivity index is 1.85. The van der Waals surface area contributed by atoms with E-state index in [1.54, 1.807) is 0 Å². The lowest BCUT2D eigenvalue weighted by atomic mass is 10.1. The van der Waals surface area contributed by atoms with Crippen LogP contribution in [0.3, 0.4) is 0 Å². The SMILES string of the molecule is CCNC(=NCc1ccc(CN(CC)CC)cc1)NCC1CCCO1. The van der Waals surface area contributed by atoms with E-state index in [-0.39, 0.29) is 0 Å². The first-order valence-corrected chi connectivity index (χ1v) is 9.69. The van der Waals surface area contributed by atoms with Gasteiger partial charge in [0.25, 0.3) is 0 Å². The summed E-state index contributed by atoms with van der Waals surface area (Å²) in [5.74, 6) is 0.866. The van der Waals surface area contributed by atoms with Crippen molar-refractivity contribution >= 4 is 5.96 Å². The van der Waals surface area contributed by atoms with Crippen molar-refractivity contribution < 1.29 is 4.74 Å². The normalized spacial score (nSPS) is 17.9. The number of aliphatic imine (C=N–C) groups is 1. The molecule has 140 valence electrons. The average Bonchev–Trinajstić information content (AvgIpc) is 3.16. The molecule has 1 aromatic rings. The molecule has 0 radical (unpaired) electrons. The average molecular weight is 347 g/mol. The smallest absolute Gasteiger partial charge is 0.191 e. The molecule has 1 unspecified atom stereocenters. The third-order valence-corrected chi connectivity index (χ3v) is 4.61. The highest BCUT2D eigenvalue weighted by Gasteiger charge is 2.15. The quantitative estimate of drug-likeness (QED) is 0.533. The summed E-state index contributed by atoms with van der Waals surface area (Å²) in [6.45, 7) is 13.0. The number of hydrogen-bond donors (Lipinski definition) is 2. The molecule has 1 saturated heterocycles. The van der Waals surface area contributed by atoms with Gasteiger partial charge in [-0.3, -0.25) is 4.90 Å². The Hall–Kier alpha value is -1.59. The monoisotopic (exact) mass is 346 g/mol. The Bertz CT molecular complexity index is 505. The molecule has 1 heterocycles. The van der Waals surface area contributed by atoms with Crippen molar-refractivity contribution in [2.24, 2.45) is 4.99 Å². The van der Waals surface area contributed by atoms with E-state index in [1.807, 2.05) is 0 Å². The highest BCUT2D eigenvalue weighted by Crippen LogP contribution is 2.11. The molecule has 0 bridgehead atoms. The summed E-state index contributed by atoms with van der Waals surface area (Å²) in [5.41, 5.74) is 2.59. The molecule has 1 aliphatic heterocycles. The van der Waals surface area contributed by atoms with Gasteiger partial charge in [0.2, 0.25) is 0 Å². The molecule has 0 spiro atoms. The fourth-order valence-electron chi connectivity index (χ4n) is 2.98. The predicted molar refractivity (Wildman–Crippen MR) is 105 cm³/mol. The van der Waals surface area contributed by atoms with Crippen LogP contribution in [-0.2, 0) is 17.8 Å². The third-order valence-electron chi connectivity index (χ3n) is 4.61. The molecule has 25 heavy (non-hydrogen) atoms. The number of ether oxygens (including phenoxy) is 1. The summed E-state index contributed by atoms with van der Waals surface area (Å²) < 4.78 is 5.66. The zero-order valence-corrected chi connectivity index (χ0v) is 16.1. The highest BCUT2D eigenvalue weighted by molar-refractivity contribution is 5.79. The summed E-state index contributed by atoms with van der Waals surface area (Å²) in [7, 11) is 0. The number of nitrogens with one attached hydrogen (secondary N) is 2. The summed E-state index contributed by atoms with van der Waals surface area (Å²) in [6, 6.07) is 8.81. The topological polar surface area (TPSA) is 48.9 Å². The predicted octanol–water partition coefficient (Wildman–Crippen LogP) is 2.76. The molecule has 1 aromatic carbocycles. The van der Waals surface area contributed by atoms with Gasteiger partial charge >= 0.3 is 0 Å². The molecule has 0 saturated carbocycles. The van der Waals surface area contributed by atoms with E-state index >= 15 is 0 Å². The number of benzene rings is 1. The van der Waals surface area contributed by atoms with Gasteiger partial charge in [0.1, 0.15) is 0 Å². The first-order valence-electron chi connectivity index (χ1n) is 9.69. The van der Waals surface area contributed by atoms with E-state index in [2.05, 4.69) is 60.6 Å².